The van der Waals surface area contributed by atoms with E-state index in [2.05, 4.69) is 54.6 Å². The molecular weight excluding hydrogens is 352 g/mol. The summed E-state index contributed by atoms with van der Waals surface area (Å²) in [6.45, 7) is 16.2. The number of guanidine groups is 1. The van der Waals surface area contributed by atoms with Crippen LogP contribution in [0.1, 0.15) is 59.1 Å². The molecule has 0 bridgehead atoms. The SMILES string of the molecule is CCNC(=NCc1cccc(COC(C)(C)C)c1)NCCC(=O)N(CC)CC. The molecule has 6 nitrogen and oxygen atoms in total. The lowest BCUT2D eigenvalue weighted by atomic mass is 10.1. The van der Waals surface area contributed by atoms with Crippen molar-refractivity contribution < 1.29 is 9.53 Å². The highest BCUT2D eigenvalue weighted by Crippen LogP contribution is 2.13. The molecule has 0 fully saturated rings. The average molecular weight is 391 g/mol. The second-order valence-corrected chi connectivity index (χ2v) is 7.66. The fraction of sp³-hybridized carbons (Fsp3) is 0.636. The number of carbonyl (C=O) groups excluding carboxylic acids is 1. The number of hydrogen-bond donors (Lipinski definition) is 2. The third-order valence-corrected chi connectivity index (χ3v) is 4.17. The fourth-order valence-corrected chi connectivity index (χ4v) is 2.65. The van der Waals surface area contributed by atoms with E-state index in [0.29, 0.717) is 26.1 Å². The van der Waals surface area contributed by atoms with Crippen LogP contribution in [0.3, 0.4) is 0 Å². The van der Waals surface area contributed by atoms with Gasteiger partial charge in [-0.25, -0.2) is 4.99 Å². The highest BCUT2D eigenvalue weighted by atomic mass is 16.5. The van der Waals surface area contributed by atoms with Crippen molar-refractivity contribution in [2.45, 2.75) is 66.7 Å². The second-order valence-electron chi connectivity index (χ2n) is 7.66. The van der Waals surface area contributed by atoms with Gasteiger partial charge in [0.25, 0.3) is 0 Å². The second kappa shape index (κ2) is 12.4. The molecule has 158 valence electrons. The van der Waals surface area contributed by atoms with Gasteiger partial charge in [-0.2, -0.15) is 0 Å². The van der Waals surface area contributed by atoms with Crippen LogP contribution in [0.5, 0.6) is 0 Å². The molecule has 1 amide bonds. The van der Waals surface area contributed by atoms with E-state index in [1.54, 1.807) is 0 Å². The number of nitrogens with zero attached hydrogens (tertiary/aromatic N) is 2. The monoisotopic (exact) mass is 390 g/mol. The average Bonchev–Trinajstić information content (AvgIpc) is 2.65. The van der Waals surface area contributed by atoms with Crippen molar-refractivity contribution in [3.63, 3.8) is 0 Å². The maximum Gasteiger partial charge on any atom is 0.224 e. The van der Waals surface area contributed by atoms with Crippen LogP contribution in [0, 0.1) is 0 Å². The van der Waals surface area contributed by atoms with Crippen LogP contribution in [0.2, 0.25) is 0 Å². The van der Waals surface area contributed by atoms with E-state index in [1.807, 2.05) is 31.7 Å². The molecule has 0 spiro atoms. The van der Waals surface area contributed by atoms with Gasteiger partial charge < -0.3 is 20.3 Å². The Hall–Kier alpha value is -2.08. The summed E-state index contributed by atoms with van der Waals surface area (Å²) in [5.74, 6) is 0.895. The summed E-state index contributed by atoms with van der Waals surface area (Å²) < 4.78 is 5.85. The molecule has 0 saturated carbocycles. The highest BCUT2D eigenvalue weighted by Gasteiger charge is 2.11. The Bertz CT molecular complexity index is 619. The number of aliphatic imine (C=N–C) groups is 1. The molecule has 0 aliphatic carbocycles. The topological polar surface area (TPSA) is 66.0 Å². The minimum atomic E-state index is -0.154. The van der Waals surface area contributed by atoms with Gasteiger partial charge in [0.15, 0.2) is 5.96 Å². The fourth-order valence-electron chi connectivity index (χ4n) is 2.65. The number of amides is 1. The molecule has 0 heterocycles. The van der Waals surface area contributed by atoms with Crippen LogP contribution in [0.25, 0.3) is 0 Å². The first-order valence-electron chi connectivity index (χ1n) is 10.3. The molecule has 0 aliphatic heterocycles. The van der Waals surface area contributed by atoms with Gasteiger partial charge in [0, 0.05) is 32.6 Å². The van der Waals surface area contributed by atoms with Gasteiger partial charge in [0.05, 0.1) is 18.8 Å². The highest BCUT2D eigenvalue weighted by molar-refractivity contribution is 5.81. The van der Waals surface area contributed by atoms with Crippen LogP contribution in [-0.2, 0) is 22.7 Å². The number of hydrogen-bond acceptors (Lipinski definition) is 3. The molecule has 0 unspecified atom stereocenters. The summed E-state index contributed by atoms with van der Waals surface area (Å²) in [6, 6.07) is 8.30. The van der Waals surface area contributed by atoms with E-state index in [-0.39, 0.29) is 11.5 Å². The standard InChI is InChI=1S/C22H38N4O2/c1-7-23-21(24-14-13-20(27)26(8-2)9-3)25-16-18-11-10-12-19(15-18)17-28-22(4,5)6/h10-12,15H,7-9,13-14,16-17H2,1-6H3,(H2,23,24,25). The smallest absolute Gasteiger partial charge is 0.224 e. The zero-order chi connectivity index (χ0) is 21.0. The lowest BCUT2D eigenvalue weighted by molar-refractivity contribution is -0.130. The van der Waals surface area contributed by atoms with Crippen molar-refractivity contribution in [3.05, 3.63) is 35.4 Å². The maximum atomic E-state index is 12.1. The number of rotatable bonds is 10. The first-order valence-corrected chi connectivity index (χ1v) is 10.3. The number of benzene rings is 1. The van der Waals surface area contributed by atoms with Gasteiger partial charge in [0.1, 0.15) is 0 Å². The number of ether oxygens (including phenoxy) is 1. The largest absolute Gasteiger partial charge is 0.371 e. The van der Waals surface area contributed by atoms with Gasteiger partial charge >= 0.3 is 0 Å². The lowest BCUT2D eigenvalue weighted by Crippen LogP contribution is -2.40. The third-order valence-electron chi connectivity index (χ3n) is 4.17. The molecule has 0 aliphatic rings. The summed E-state index contributed by atoms with van der Waals surface area (Å²) in [5, 5.41) is 6.48. The first kappa shape index (κ1) is 24.0. The Kier molecular flexibility index (Phi) is 10.6. The van der Waals surface area contributed by atoms with Crippen molar-refractivity contribution in [1.82, 2.24) is 15.5 Å². The van der Waals surface area contributed by atoms with E-state index in [4.69, 9.17) is 4.74 Å². The van der Waals surface area contributed by atoms with Crippen molar-refractivity contribution in [1.29, 1.82) is 0 Å². The number of nitrogens with one attached hydrogen (secondary N) is 2. The molecule has 2 N–H and O–H groups in total. The van der Waals surface area contributed by atoms with Gasteiger partial charge in [0.2, 0.25) is 5.91 Å². The van der Waals surface area contributed by atoms with Crippen LogP contribution in [-0.4, -0.2) is 48.5 Å². The van der Waals surface area contributed by atoms with Crippen LogP contribution in [0.4, 0.5) is 0 Å². The molecule has 0 saturated heterocycles. The summed E-state index contributed by atoms with van der Waals surface area (Å²) >= 11 is 0. The van der Waals surface area contributed by atoms with Crippen molar-refractivity contribution >= 4 is 11.9 Å². The summed E-state index contributed by atoms with van der Waals surface area (Å²) in [7, 11) is 0. The van der Waals surface area contributed by atoms with E-state index < -0.39 is 0 Å². The third kappa shape index (κ3) is 9.74. The van der Waals surface area contributed by atoms with E-state index in [0.717, 1.165) is 36.7 Å². The quantitative estimate of drug-likeness (QED) is 0.475. The molecule has 0 radical (unpaired) electrons. The zero-order valence-electron chi connectivity index (χ0n) is 18.5. The van der Waals surface area contributed by atoms with Crippen LogP contribution < -0.4 is 10.6 Å². The molecule has 1 rings (SSSR count). The minimum absolute atomic E-state index is 0.154. The molecule has 0 aromatic heterocycles. The Morgan fingerprint density at radius 3 is 2.39 bits per heavy atom. The predicted molar refractivity (Wildman–Crippen MR) is 116 cm³/mol. The lowest BCUT2D eigenvalue weighted by Gasteiger charge is -2.19. The normalized spacial score (nSPS) is 12.0. The number of carbonyl (C=O) groups is 1. The van der Waals surface area contributed by atoms with Crippen LogP contribution >= 0.6 is 0 Å². The molecule has 1 aromatic carbocycles. The van der Waals surface area contributed by atoms with Crippen LogP contribution in [0.15, 0.2) is 29.3 Å². The summed E-state index contributed by atoms with van der Waals surface area (Å²) in [4.78, 5) is 18.6. The van der Waals surface area contributed by atoms with E-state index in [9.17, 15) is 4.79 Å². The van der Waals surface area contributed by atoms with Crippen molar-refractivity contribution in [3.8, 4) is 0 Å². The Balaban J connectivity index is 2.60. The molecule has 28 heavy (non-hydrogen) atoms. The van der Waals surface area contributed by atoms with Gasteiger partial charge in [-0.15, -0.1) is 0 Å². The van der Waals surface area contributed by atoms with E-state index >= 15 is 0 Å². The molecule has 0 atom stereocenters. The summed E-state index contributed by atoms with van der Waals surface area (Å²) in [6.07, 6.45) is 0.464. The van der Waals surface area contributed by atoms with E-state index in [1.165, 1.54) is 0 Å². The Labute approximate surface area is 170 Å². The van der Waals surface area contributed by atoms with Gasteiger partial charge in [-0.3, -0.25) is 4.79 Å². The zero-order valence-corrected chi connectivity index (χ0v) is 18.5. The van der Waals surface area contributed by atoms with Gasteiger partial charge in [-0.05, 0) is 52.7 Å². The van der Waals surface area contributed by atoms with Crippen molar-refractivity contribution in [2.24, 2.45) is 4.99 Å². The van der Waals surface area contributed by atoms with Gasteiger partial charge in [-0.1, -0.05) is 24.3 Å². The molecule has 6 heteroatoms. The maximum absolute atomic E-state index is 12.1. The Morgan fingerprint density at radius 1 is 1.11 bits per heavy atom. The minimum Gasteiger partial charge on any atom is -0.371 e. The summed E-state index contributed by atoms with van der Waals surface area (Å²) in [5.41, 5.74) is 2.12. The first-order chi connectivity index (χ1) is 13.3. The Morgan fingerprint density at radius 2 is 1.79 bits per heavy atom. The van der Waals surface area contributed by atoms with Crippen molar-refractivity contribution in [2.75, 3.05) is 26.2 Å². The predicted octanol–water partition coefficient (Wildman–Crippen LogP) is 3.32. The molecule has 1 aromatic rings. The molecular formula is C22H38N4O2.